The number of benzene rings is 1. The predicted molar refractivity (Wildman–Crippen MR) is 116 cm³/mol. The monoisotopic (exact) mass is 500 g/mol. The number of carbonyl (C=O) groups excluding carboxylic acids is 1. The van der Waals surface area contributed by atoms with E-state index in [4.69, 9.17) is 8.83 Å². The van der Waals surface area contributed by atoms with E-state index < -0.39 is 15.7 Å². The number of carbonyl (C=O) groups is 1. The highest BCUT2D eigenvalue weighted by molar-refractivity contribution is 9.10. The van der Waals surface area contributed by atoms with E-state index >= 15 is 0 Å². The number of anilines is 1. The summed E-state index contributed by atoms with van der Waals surface area (Å²) < 4.78 is 37.3. The van der Waals surface area contributed by atoms with Gasteiger partial charge in [0, 0.05) is 6.20 Å². The summed E-state index contributed by atoms with van der Waals surface area (Å²) in [5.74, 6) is 0.225. The molecule has 4 aromatic rings. The molecule has 3 heterocycles. The zero-order valence-corrected chi connectivity index (χ0v) is 18.8. The molecule has 0 saturated heterocycles. The summed E-state index contributed by atoms with van der Waals surface area (Å²) in [6.07, 6.45) is 1.56. The lowest BCUT2D eigenvalue weighted by molar-refractivity contribution is 0.0950. The number of halogens is 1. The molecule has 0 fully saturated rings. The summed E-state index contributed by atoms with van der Waals surface area (Å²) in [6, 6.07) is 17.6. The first-order valence-corrected chi connectivity index (χ1v) is 11.5. The maximum atomic E-state index is 13.2. The van der Waals surface area contributed by atoms with Crippen LogP contribution < -0.4 is 4.90 Å². The topological polar surface area (TPSA) is 93.6 Å². The van der Waals surface area contributed by atoms with Gasteiger partial charge in [0.05, 0.1) is 11.4 Å². The quantitative estimate of drug-likeness (QED) is 0.369. The lowest BCUT2D eigenvalue weighted by Gasteiger charge is -2.19. The Balaban J connectivity index is 1.66. The summed E-state index contributed by atoms with van der Waals surface area (Å²) in [6.45, 7) is 1.95. The molecule has 7 nitrogen and oxygen atoms in total. The molecule has 0 radical (unpaired) electrons. The Labute approximate surface area is 187 Å². The van der Waals surface area contributed by atoms with E-state index in [2.05, 4.69) is 20.9 Å². The number of sulfone groups is 1. The van der Waals surface area contributed by atoms with E-state index in [1.54, 1.807) is 48.7 Å². The van der Waals surface area contributed by atoms with Crippen LogP contribution in [0.5, 0.6) is 0 Å². The van der Waals surface area contributed by atoms with E-state index in [-0.39, 0.29) is 22.3 Å². The van der Waals surface area contributed by atoms with Gasteiger partial charge in [0.2, 0.25) is 14.9 Å². The minimum Gasteiger partial charge on any atom is -0.452 e. The molecule has 0 saturated carbocycles. The van der Waals surface area contributed by atoms with E-state index in [1.165, 1.54) is 29.2 Å². The average Bonchev–Trinajstić information content (AvgIpc) is 3.42. The fourth-order valence-electron chi connectivity index (χ4n) is 2.91. The van der Waals surface area contributed by atoms with Gasteiger partial charge >= 0.3 is 0 Å². The Bertz CT molecular complexity index is 1310. The van der Waals surface area contributed by atoms with Crippen LogP contribution in [0.2, 0.25) is 0 Å². The van der Waals surface area contributed by atoms with E-state index in [9.17, 15) is 13.2 Å². The zero-order chi connectivity index (χ0) is 22.0. The highest BCUT2D eigenvalue weighted by Gasteiger charge is 2.27. The highest BCUT2D eigenvalue weighted by Crippen LogP contribution is 2.26. The molecular weight excluding hydrogens is 484 g/mol. The van der Waals surface area contributed by atoms with Gasteiger partial charge in [-0.25, -0.2) is 13.4 Å². The lowest BCUT2D eigenvalue weighted by Crippen LogP contribution is -2.30. The second kappa shape index (κ2) is 8.52. The number of rotatable bonds is 6. The number of pyridine rings is 1. The first-order chi connectivity index (χ1) is 14.8. The van der Waals surface area contributed by atoms with Crippen molar-refractivity contribution in [1.29, 1.82) is 0 Å². The molecule has 1 aromatic carbocycles. The molecule has 0 aliphatic rings. The Morgan fingerprint density at radius 1 is 1.00 bits per heavy atom. The maximum absolute atomic E-state index is 13.2. The van der Waals surface area contributed by atoms with Gasteiger partial charge in [-0.15, -0.1) is 0 Å². The van der Waals surface area contributed by atoms with Crippen molar-refractivity contribution in [2.75, 3.05) is 4.90 Å². The Hall–Kier alpha value is -3.17. The normalized spacial score (nSPS) is 11.4. The second-order valence-corrected chi connectivity index (χ2v) is 9.38. The third-order valence-electron chi connectivity index (χ3n) is 4.50. The van der Waals surface area contributed by atoms with Crippen LogP contribution in [0.25, 0.3) is 0 Å². The van der Waals surface area contributed by atoms with Crippen molar-refractivity contribution in [2.45, 2.75) is 23.5 Å². The highest BCUT2D eigenvalue weighted by atomic mass is 79.9. The van der Waals surface area contributed by atoms with Crippen molar-refractivity contribution in [2.24, 2.45) is 0 Å². The van der Waals surface area contributed by atoms with Gasteiger partial charge in [0.25, 0.3) is 5.91 Å². The first-order valence-electron chi connectivity index (χ1n) is 9.23. The third kappa shape index (κ3) is 4.47. The second-order valence-electron chi connectivity index (χ2n) is 6.72. The predicted octanol–water partition coefficient (Wildman–Crippen LogP) is 5.02. The Kier molecular flexibility index (Phi) is 5.79. The van der Waals surface area contributed by atoms with Crippen molar-refractivity contribution in [1.82, 2.24) is 4.98 Å². The van der Waals surface area contributed by atoms with Crippen molar-refractivity contribution < 1.29 is 22.0 Å². The number of aromatic nitrogens is 1. The van der Waals surface area contributed by atoms with Crippen LogP contribution in [0.1, 0.15) is 21.9 Å². The van der Waals surface area contributed by atoms with E-state index in [0.29, 0.717) is 16.2 Å². The van der Waals surface area contributed by atoms with Gasteiger partial charge < -0.3 is 8.83 Å². The molecular formula is C22H17BrN2O5S. The molecule has 0 N–H and O–H groups in total. The van der Waals surface area contributed by atoms with Crippen LogP contribution in [-0.4, -0.2) is 19.3 Å². The van der Waals surface area contributed by atoms with Crippen molar-refractivity contribution >= 4 is 37.5 Å². The van der Waals surface area contributed by atoms with Crippen LogP contribution >= 0.6 is 15.9 Å². The largest absolute Gasteiger partial charge is 0.452 e. The van der Waals surface area contributed by atoms with Gasteiger partial charge in [-0.2, -0.15) is 0 Å². The Morgan fingerprint density at radius 2 is 1.77 bits per heavy atom. The molecule has 0 atom stereocenters. The first kappa shape index (κ1) is 21.1. The summed E-state index contributed by atoms with van der Waals surface area (Å²) in [4.78, 5) is 18.9. The van der Waals surface area contributed by atoms with Crippen molar-refractivity contribution in [3.05, 3.63) is 94.7 Å². The molecule has 0 unspecified atom stereocenters. The summed E-state index contributed by atoms with van der Waals surface area (Å²) in [7, 11) is -3.89. The molecule has 1 amide bonds. The van der Waals surface area contributed by atoms with Gasteiger partial charge in [0.15, 0.2) is 10.4 Å². The van der Waals surface area contributed by atoms with E-state index in [1.807, 2.05) is 6.92 Å². The zero-order valence-electron chi connectivity index (χ0n) is 16.4. The molecule has 3 aromatic heterocycles. The molecule has 158 valence electrons. The minimum atomic E-state index is -3.89. The van der Waals surface area contributed by atoms with Gasteiger partial charge in [-0.05, 0) is 71.4 Å². The summed E-state index contributed by atoms with van der Waals surface area (Å²) in [5.41, 5.74) is 0.935. The molecule has 0 spiro atoms. The smallest absolute Gasteiger partial charge is 0.295 e. The van der Waals surface area contributed by atoms with Gasteiger partial charge in [-0.1, -0.05) is 23.8 Å². The number of nitrogens with zero attached hydrogens (tertiary/aromatic N) is 2. The SMILES string of the molecule is Cc1ccc(S(=O)(=O)c2ccc(C(=O)N(Cc3ccc(Br)o3)c3ccccn3)o2)cc1. The number of amides is 1. The maximum Gasteiger partial charge on any atom is 0.295 e. The van der Waals surface area contributed by atoms with Gasteiger partial charge in [0.1, 0.15) is 11.6 Å². The van der Waals surface area contributed by atoms with E-state index in [0.717, 1.165) is 5.56 Å². The third-order valence-corrected chi connectivity index (χ3v) is 6.57. The Morgan fingerprint density at radius 3 is 2.42 bits per heavy atom. The molecule has 0 aliphatic heterocycles. The van der Waals surface area contributed by atoms with Crippen LogP contribution in [-0.2, 0) is 16.4 Å². The molecule has 0 bridgehead atoms. The molecule has 0 aliphatic carbocycles. The van der Waals surface area contributed by atoms with Gasteiger partial charge in [-0.3, -0.25) is 9.69 Å². The molecule has 31 heavy (non-hydrogen) atoms. The fourth-order valence-corrected chi connectivity index (χ4v) is 4.42. The summed E-state index contributed by atoms with van der Waals surface area (Å²) >= 11 is 3.24. The van der Waals surface area contributed by atoms with Crippen LogP contribution in [0.15, 0.2) is 96.4 Å². The number of hydrogen-bond acceptors (Lipinski definition) is 6. The standard InChI is InChI=1S/C22H17BrN2O5S/c1-15-5-8-17(9-6-15)31(27,28)21-12-10-18(30-21)22(26)25(20-4-2-3-13-24-20)14-16-7-11-19(23)29-16/h2-13H,14H2,1H3. The molecule has 4 rings (SSSR count). The van der Waals surface area contributed by atoms with Crippen LogP contribution in [0.3, 0.4) is 0 Å². The number of furan rings is 2. The number of aryl methyl sites for hydroxylation is 1. The number of hydrogen-bond donors (Lipinski definition) is 0. The average molecular weight is 501 g/mol. The van der Waals surface area contributed by atoms with Crippen LogP contribution in [0.4, 0.5) is 5.82 Å². The fraction of sp³-hybridized carbons (Fsp3) is 0.0909. The summed E-state index contributed by atoms with van der Waals surface area (Å²) in [5, 5.41) is -0.304. The lowest BCUT2D eigenvalue weighted by atomic mass is 10.2. The minimum absolute atomic E-state index is 0.0855. The molecule has 9 heteroatoms. The van der Waals surface area contributed by atoms with Crippen molar-refractivity contribution in [3.8, 4) is 0 Å². The van der Waals surface area contributed by atoms with Crippen LogP contribution in [0, 0.1) is 6.92 Å². The van der Waals surface area contributed by atoms with Crippen molar-refractivity contribution in [3.63, 3.8) is 0 Å².